The molecule has 8 heteroatoms. The van der Waals surface area contributed by atoms with Gasteiger partial charge in [0.2, 0.25) is 5.91 Å². The molecule has 1 N–H and O–H groups in total. The molecule has 178 valence electrons. The second-order valence-corrected chi connectivity index (χ2v) is 8.27. The van der Waals surface area contributed by atoms with E-state index in [2.05, 4.69) is 12.2 Å². The lowest BCUT2D eigenvalue weighted by Gasteiger charge is -2.28. The number of carbonyl (C=O) groups is 2. The summed E-state index contributed by atoms with van der Waals surface area (Å²) >= 11 is 0. The smallest absolute Gasteiger partial charge is 0.269 e. The van der Waals surface area contributed by atoms with Crippen LogP contribution in [0.2, 0.25) is 0 Å². The minimum absolute atomic E-state index is 0.00405. The highest BCUT2D eigenvalue weighted by Gasteiger charge is 2.22. The maximum Gasteiger partial charge on any atom is 0.269 e. The van der Waals surface area contributed by atoms with E-state index in [4.69, 9.17) is 0 Å². The van der Waals surface area contributed by atoms with Gasteiger partial charge in [-0.2, -0.15) is 0 Å². The SMILES string of the molecule is CCCN(Cc1cc(NC(=O)c2ccc([N+](=O)[O-])cc2)ccc1N(C)C)C(=O)C(CC)CC. The lowest BCUT2D eigenvalue weighted by Crippen LogP contribution is -2.36. The maximum absolute atomic E-state index is 13.1. The first kappa shape index (κ1) is 25.8. The zero-order valence-electron chi connectivity index (χ0n) is 20.1. The number of non-ortho nitro benzene ring substituents is 1. The molecule has 0 spiro atoms. The zero-order valence-corrected chi connectivity index (χ0v) is 20.1. The van der Waals surface area contributed by atoms with Crippen LogP contribution in [0.5, 0.6) is 0 Å². The summed E-state index contributed by atoms with van der Waals surface area (Å²) < 4.78 is 0. The molecule has 8 nitrogen and oxygen atoms in total. The van der Waals surface area contributed by atoms with Gasteiger partial charge >= 0.3 is 0 Å². The molecule has 2 aromatic carbocycles. The molecule has 0 saturated heterocycles. The molecule has 0 radical (unpaired) electrons. The van der Waals surface area contributed by atoms with E-state index in [1.54, 1.807) is 0 Å². The predicted octanol–water partition coefficient (Wildman–Crippen LogP) is 5.09. The largest absolute Gasteiger partial charge is 0.377 e. The van der Waals surface area contributed by atoms with Crippen LogP contribution in [0.1, 0.15) is 56.0 Å². The maximum atomic E-state index is 13.1. The van der Waals surface area contributed by atoms with Crippen LogP contribution in [0.3, 0.4) is 0 Å². The van der Waals surface area contributed by atoms with Crippen molar-refractivity contribution in [2.45, 2.75) is 46.6 Å². The molecule has 2 rings (SSSR count). The summed E-state index contributed by atoms with van der Waals surface area (Å²) in [5.41, 5.74) is 2.78. The van der Waals surface area contributed by atoms with Crippen LogP contribution in [0.4, 0.5) is 17.1 Å². The zero-order chi connectivity index (χ0) is 24.5. The monoisotopic (exact) mass is 454 g/mol. The third kappa shape index (κ3) is 6.78. The molecule has 2 aromatic rings. The van der Waals surface area contributed by atoms with Gasteiger partial charge < -0.3 is 15.1 Å². The van der Waals surface area contributed by atoms with E-state index in [-0.39, 0.29) is 23.4 Å². The number of benzene rings is 2. The third-order valence-electron chi connectivity index (χ3n) is 5.66. The van der Waals surface area contributed by atoms with Crippen LogP contribution < -0.4 is 10.2 Å². The molecule has 0 aliphatic heterocycles. The van der Waals surface area contributed by atoms with Crippen LogP contribution in [0, 0.1) is 16.0 Å². The summed E-state index contributed by atoms with van der Waals surface area (Å²) in [6, 6.07) is 11.1. The Hall–Kier alpha value is -3.42. The topological polar surface area (TPSA) is 95.8 Å². The molecule has 0 heterocycles. The highest BCUT2D eigenvalue weighted by Crippen LogP contribution is 2.26. The Labute approximate surface area is 195 Å². The average Bonchev–Trinajstić information content (AvgIpc) is 2.79. The van der Waals surface area contributed by atoms with Gasteiger partial charge in [-0.25, -0.2) is 0 Å². The Morgan fingerprint density at radius 3 is 2.18 bits per heavy atom. The molecule has 0 atom stereocenters. The van der Waals surface area contributed by atoms with E-state index in [0.29, 0.717) is 24.3 Å². The fourth-order valence-corrected chi connectivity index (χ4v) is 3.80. The van der Waals surface area contributed by atoms with Gasteiger partial charge in [-0.3, -0.25) is 19.7 Å². The lowest BCUT2D eigenvalue weighted by atomic mass is 10.0. The van der Waals surface area contributed by atoms with Gasteiger partial charge in [-0.1, -0.05) is 20.8 Å². The van der Waals surface area contributed by atoms with Crippen molar-refractivity contribution in [2.24, 2.45) is 5.92 Å². The van der Waals surface area contributed by atoms with Crippen molar-refractivity contribution in [1.29, 1.82) is 0 Å². The third-order valence-corrected chi connectivity index (χ3v) is 5.66. The molecule has 33 heavy (non-hydrogen) atoms. The average molecular weight is 455 g/mol. The lowest BCUT2D eigenvalue weighted by molar-refractivity contribution is -0.384. The number of nitro benzene ring substituents is 1. The number of anilines is 2. The Bertz CT molecular complexity index is 969. The molecule has 0 saturated carbocycles. The van der Waals surface area contributed by atoms with Crippen molar-refractivity contribution in [2.75, 3.05) is 30.9 Å². The first-order chi connectivity index (χ1) is 15.7. The van der Waals surface area contributed by atoms with E-state index in [1.807, 2.05) is 55.9 Å². The number of amides is 2. The molecular weight excluding hydrogens is 420 g/mol. The van der Waals surface area contributed by atoms with Crippen molar-refractivity contribution in [3.63, 3.8) is 0 Å². The number of nitro groups is 1. The summed E-state index contributed by atoms with van der Waals surface area (Å²) in [4.78, 5) is 40.0. The van der Waals surface area contributed by atoms with Crippen molar-refractivity contribution >= 4 is 28.9 Å². The van der Waals surface area contributed by atoms with E-state index in [1.165, 1.54) is 24.3 Å². The van der Waals surface area contributed by atoms with Crippen LogP contribution >= 0.6 is 0 Å². The summed E-state index contributed by atoms with van der Waals surface area (Å²) in [7, 11) is 3.89. The molecule has 0 fully saturated rings. The van der Waals surface area contributed by atoms with Crippen molar-refractivity contribution < 1.29 is 14.5 Å². The number of carbonyl (C=O) groups excluding carboxylic acids is 2. The van der Waals surface area contributed by atoms with E-state index in [0.717, 1.165) is 30.5 Å². The van der Waals surface area contributed by atoms with Gasteiger partial charge in [-0.05, 0) is 55.2 Å². The van der Waals surface area contributed by atoms with E-state index < -0.39 is 4.92 Å². The van der Waals surface area contributed by atoms with Gasteiger partial charge in [0.05, 0.1) is 4.92 Å². The number of nitrogens with zero attached hydrogens (tertiary/aromatic N) is 3. The van der Waals surface area contributed by atoms with Crippen LogP contribution in [-0.4, -0.2) is 42.3 Å². The standard InChI is InChI=1S/C25H34N4O4/c1-6-15-28(25(31)18(7-2)8-3)17-20-16-21(11-14-23(20)27(4)5)26-24(30)19-9-12-22(13-10-19)29(32)33/h9-14,16,18H,6-8,15,17H2,1-5H3,(H,26,30). The summed E-state index contributed by atoms with van der Waals surface area (Å²) in [5, 5.41) is 13.7. The molecule has 2 amide bonds. The van der Waals surface area contributed by atoms with E-state index in [9.17, 15) is 19.7 Å². The second-order valence-electron chi connectivity index (χ2n) is 8.27. The van der Waals surface area contributed by atoms with Gasteiger partial charge in [0.25, 0.3) is 11.6 Å². The summed E-state index contributed by atoms with van der Waals surface area (Å²) in [5.74, 6) is -0.191. The summed E-state index contributed by atoms with van der Waals surface area (Å²) in [6.07, 6.45) is 2.47. The van der Waals surface area contributed by atoms with Gasteiger partial charge in [0.15, 0.2) is 0 Å². The Balaban J connectivity index is 2.29. The highest BCUT2D eigenvalue weighted by molar-refractivity contribution is 6.04. The van der Waals surface area contributed by atoms with Crippen molar-refractivity contribution in [3.8, 4) is 0 Å². The summed E-state index contributed by atoms with van der Waals surface area (Å²) in [6.45, 7) is 7.26. The Kier molecular flexibility index (Phi) is 9.39. The fraction of sp³-hybridized carbons (Fsp3) is 0.440. The van der Waals surface area contributed by atoms with Crippen LogP contribution in [-0.2, 0) is 11.3 Å². The normalized spacial score (nSPS) is 10.7. The molecule has 0 aromatic heterocycles. The Morgan fingerprint density at radius 2 is 1.67 bits per heavy atom. The van der Waals surface area contributed by atoms with Crippen molar-refractivity contribution in [3.05, 3.63) is 63.7 Å². The van der Waals surface area contributed by atoms with Crippen molar-refractivity contribution in [1.82, 2.24) is 4.90 Å². The number of nitrogens with one attached hydrogen (secondary N) is 1. The molecule has 0 unspecified atom stereocenters. The minimum atomic E-state index is -0.501. The highest BCUT2D eigenvalue weighted by atomic mass is 16.6. The van der Waals surface area contributed by atoms with E-state index >= 15 is 0 Å². The van der Waals surface area contributed by atoms with Crippen LogP contribution in [0.25, 0.3) is 0 Å². The predicted molar refractivity (Wildman–Crippen MR) is 132 cm³/mol. The van der Waals surface area contributed by atoms with Crippen LogP contribution in [0.15, 0.2) is 42.5 Å². The quantitative estimate of drug-likeness (QED) is 0.377. The van der Waals surface area contributed by atoms with Gasteiger partial charge in [-0.15, -0.1) is 0 Å². The number of hydrogen-bond donors (Lipinski definition) is 1. The first-order valence-corrected chi connectivity index (χ1v) is 11.4. The molecular formula is C25H34N4O4. The second kappa shape index (κ2) is 12.0. The Morgan fingerprint density at radius 1 is 1.03 bits per heavy atom. The number of rotatable bonds is 11. The first-order valence-electron chi connectivity index (χ1n) is 11.4. The fourth-order valence-electron chi connectivity index (χ4n) is 3.80. The van der Waals surface area contributed by atoms with Gasteiger partial charge in [0, 0.05) is 62.2 Å². The minimum Gasteiger partial charge on any atom is -0.377 e. The van der Waals surface area contributed by atoms with Gasteiger partial charge in [0.1, 0.15) is 0 Å². The number of hydrogen-bond acceptors (Lipinski definition) is 5. The molecule has 0 aliphatic rings. The molecule has 0 aliphatic carbocycles. The molecule has 0 bridgehead atoms.